The smallest absolute Gasteiger partial charge is 0.237 e. The first-order chi connectivity index (χ1) is 15.7. The Morgan fingerprint density at radius 2 is 1.53 bits per heavy atom. The van der Waals surface area contributed by atoms with E-state index in [2.05, 4.69) is 87.9 Å². The average Bonchev–Trinajstić information content (AvgIpc) is 3.29. The van der Waals surface area contributed by atoms with Crippen LogP contribution in [0, 0.1) is 0 Å². The highest BCUT2D eigenvalue weighted by molar-refractivity contribution is 5.83. The van der Waals surface area contributed by atoms with Crippen LogP contribution < -0.4 is 5.32 Å². The van der Waals surface area contributed by atoms with E-state index in [1.54, 1.807) is 0 Å². The fourth-order valence-corrected chi connectivity index (χ4v) is 5.26. The molecule has 3 aromatic carbocycles. The third kappa shape index (κ3) is 5.03. The van der Waals surface area contributed by atoms with Crippen molar-refractivity contribution in [3.8, 4) is 0 Å². The predicted molar refractivity (Wildman–Crippen MR) is 130 cm³/mol. The molecule has 0 bridgehead atoms. The second-order valence-electron chi connectivity index (χ2n) is 9.35. The van der Waals surface area contributed by atoms with Gasteiger partial charge in [-0.15, -0.1) is 0 Å². The number of hydrogen-bond donors (Lipinski definition) is 1. The quantitative estimate of drug-likeness (QED) is 0.625. The molecule has 0 aromatic heterocycles. The molecule has 0 radical (unpaired) electrons. The molecule has 2 fully saturated rings. The molecule has 1 N–H and O–H groups in total. The first-order valence-electron chi connectivity index (χ1n) is 12.0. The Morgan fingerprint density at radius 3 is 2.34 bits per heavy atom. The van der Waals surface area contributed by atoms with Crippen LogP contribution >= 0.6 is 0 Å². The molecule has 1 atom stereocenters. The van der Waals surface area contributed by atoms with Crippen LogP contribution in [-0.4, -0.2) is 47.4 Å². The maximum Gasteiger partial charge on any atom is 0.237 e. The molecule has 2 heterocycles. The SMILES string of the molecule is O=C(NC1CCN(Cc2ccccc2)CC1)[C@@H]1CCCN1Cc1ccc2ccccc2c1. The van der Waals surface area contributed by atoms with Crippen molar-refractivity contribution in [3.63, 3.8) is 0 Å². The summed E-state index contributed by atoms with van der Waals surface area (Å²) in [5.74, 6) is 0.227. The summed E-state index contributed by atoms with van der Waals surface area (Å²) in [6, 6.07) is 26.1. The van der Waals surface area contributed by atoms with Gasteiger partial charge in [-0.1, -0.05) is 66.7 Å². The van der Waals surface area contributed by atoms with Crippen molar-refractivity contribution in [2.24, 2.45) is 0 Å². The van der Waals surface area contributed by atoms with Gasteiger partial charge in [-0.05, 0) is 60.2 Å². The average molecular weight is 428 g/mol. The van der Waals surface area contributed by atoms with Crippen LogP contribution in [0.4, 0.5) is 0 Å². The molecular weight excluding hydrogens is 394 g/mol. The zero-order chi connectivity index (χ0) is 21.8. The number of piperidine rings is 1. The lowest BCUT2D eigenvalue weighted by molar-refractivity contribution is -0.126. The third-order valence-corrected chi connectivity index (χ3v) is 7.05. The van der Waals surface area contributed by atoms with Gasteiger partial charge in [0.05, 0.1) is 6.04 Å². The highest BCUT2D eigenvalue weighted by atomic mass is 16.2. The fourth-order valence-electron chi connectivity index (χ4n) is 5.26. The Morgan fingerprint density at radius 1 is 0.781 bits per heavy atom. The van der Waals surface area contributed by atoms with Crippen LogP contribution in [0.3, 0.4) is 0 Å². The first kappa shape index (κ1) is 21.2. The number of rotatable bonds is 6. The molecule has 2 saturated heterocycles. The van der Waals surface area contributed by atoms with Gasteiger partial charge in [-0.2, -0.15) is 0 Å². The van der Waals surface area contributed by atoms with Crippen LogP contribution in [0.15, 0.2) is 72.8 Å². The molecule has 0 spiro atoms. The molecule has 1 amide bonds. The number of nitrogens with zero attached hydrogens (tertiary/aromatic N) is 2. The number of carbonyl (C=O) groups excluding carboxylic acids is 1. The molecule has 166 valence electrons. The van der Waals surface area contributed by atoms with E-state index in [1.807, 2.05) is 0 Å². The van der Waals surface area contributed by atoms with Gasteiger partial charge in [-0.25, -0.2) is 0 Å². The van der Waals surface area contributed by atoms with Crippen molar-refractivity contribution >= 4 is 16.7 Å². The molecular formula is C28H33N3O. The van der Waals surface area contributed by atoms with Gasteiger partial charge >= 0.3 is 0 Å². The van der Waals surface area contributed by atoms with Gasteiger partial charge in [-0.3, -0.25) is 14.6 Å². The van der Waals surface area contributed by atoms with Crippen LogP contribution in [0.5, 0.6) is 0 Å². The molecule has 0 unspecified atom stereocenters. The van der Waals surface area contributed by atoms with E-state index in [1.165, 1.54) is 21.9 Å². The Labute approximate surface area is 191 Å². The molecule has 3 aromatic rings. The van der Waals surface area contributed by atoms with Gasteiger partial charge in [0.1, 0.15) is 0 Å². The van der Waals surface area contributed by atoms with Crippen LogP contribution in [-0.2, 0) is 17.9 Å². The van der Waals surface area contributed by atoms with Gasteiger partial charge in [0.15, 0.2) is 0 Å². The van der Waals surface area contributed by atoms with Gasteiger partial charge in [0.2, 0.25) is 5.91 Å². The van der Waals surface area contributed by atoms with Crippen molar-refractivity contribution in [1.82, 2.24) is 15.1 Å². The van der Waals surface area contributed by atoms with E-state index in [-0.39, 0.29) is 11.9 Å². The van der Waals surface area contributed by atoms with Crippen molar-refractivity contribution in [3.05, 3.63) is 83.9 Å². The van der Waals surface area contributed by atoms with E-state index >= 15 is 0 Å². The predicted octanol–water partition coefficient (Wildman–Crippen LogP) is 4.59. The molecule has 4 nitrogen and oxygen atoms in total. The molecule has 2 aliphatic heterocycles. The molecule has 5 rings (SSSR count). The zero-order valence-electron chi connectivity index (χ0n) is 18.7. The summed E-state index contributed by atoms with van der Waals surface area (Å²) in [7, 11) is 0. The zero-order valence-corrected chi connectivity index (χ0v) is 18.7. The number of benzene rings is 3. The standard InChI is InChI=1S/C28H33N3O/c32-28(29-26-14-17-30(18-15-26)20-22-7-2-1-3-8-22)27-11-6-16-31(27)21-23-12-13-24-9-4-5-10-25(24)19-23/h1-5,7-10,12-13,19,26-27H,6,11,14-18,20-21H2,(H,29,32)/t27-/m0/s1. The number of hydrogen-bond acceptors (Lipinski definition) is 3. The number of carbonyl (C=O) groups is 1. The van der Waals surface area contributed by atoms with Gasteiger partial charge in [0, 0.05) is 32.2 Å². The summed E-state index contributed by atoms with van der Waals surface area (Å²) in [5, 5.41) is 5.92. The largest absolute Gasteiger partial charge is 0.352 e. The van der Waals surface area contributed by atoms with E-state index in [0.717, 1.165) is 58.4 Å². The van der Waals surface area contributed by atoms with Crippen molar-refractivity contribution in [1.29, 1.82) is 0 Å². The second kappa shape index (κ2) is 9.85. The van der Waals surface area contributed by atoms with E-state index in [4.69, 9.17) is 0 Å². The van der Waals surface area contributed by atoms with Gasteiger partial charge in [0.25, 0.3) is 0 Å². The summed E-state index contributed by atoms with van der Waals surface area (Å²) >= 11 is 0. The fraction of sp³-hybridized carbons (Fsp3) is 0.393. The normalized spacial score (nSPS) is 20.6. The van der Waals surface area contributed by atoms with E-state index in [9.17, 15) is 4.79 Å². The number of likely N-dealkylation sites (tertiary alicyclic amines) is 2. The Kier molecular flexibility index (Phi) is 6.51. The second-order valence-corrected chi connectivity index (χ2v) is 9.35. The molecule has 2 aliphatic rings. The van der Waals surface area contributed by atoms with Crippen molar-refractivity contribution < 1.29 is 4.79 Å². The topological polar surface area (TPSA) is 35.6 Å². The summed E-state index contributed by atoms with van der Waals surface area (Å²) in [5.41, 5.74) is 2.66. The monoisotopic (exact) mass is 427 g/mol. The van der Waals surface area contributed by atoms with Gasteiger partial charge < -0.3 is 5.32 Å². The highest BCUT2D eigenvalue weighted by Gasteiger charge is 2.32. The van der Waals surface area contributed by atoms with E-state index < -0.39 is 0 Å². The minimum atomic E-state index is 0.00354. The van der Waals surface area contributed by atoms with Crippen molar-refractivity contribution in [2.75, 3.05) is 19.6 Å². The Balaban J connectivity index is 1.14. The lowest BCUT2D eigenvalue weighted by Gasteiger charge is -2.33. The number of nitrogens with one attached hydrogen (secondary N) is 1. The lowest BCUT2D eigenvalue weighted by atomic mass is 10.0. The maximum atomic E-state index is 13.1. The summed E-state index contributed by atoms with van der Waals surface area (Å²) in [4.78, 5) is 18.0. The third-order valence-electron chi connectivity index (χ3n) is 7.05. The Bertz CT molecular complexity index is 1040. The molecule has 0 saturated carbocycles. The maximum absolute atomic E-state index is 13.1. The van der Waals surface area contributed by atoms with Crippen LogP contribution in [0.1, 0.15) is 36.8 Å². The molecule has 32 heavy (non-hydrogen) atoms. The summed E-state index contributed by atoms with van der Waals surface area (Å²) in [6.45, 7) is 4.94. The lowest BCUT2D eigenvalue weighted by Crippen LogP contribution is -2.50. The first-order valence-corrected chi connectivity index (χ1v) is 12.0. The van der Waals surface area contributed by atoms with Crippen LogP contribution in [0.2, 0.25) is 0 Å². The molecule has 0 aliphatic carbocycles. The summed E-state index contributed by atoms with van der Waals surface area (Å²) < 4.78 is 0. The number of amides is 1. The van der Waals surface area contributed by atoms with Crippen LogP contribution in [0.25, 0.3) is 10.8 Å². The molecule has 4 heteroatoms. The highest BCUT2D eigenvalue weighted by Crippen LogP contribution is 2.23. The minimum absolute atomic E-state index is 0.00354. The Hall–Kier alpha value is -2.69. The van der Waals surface area contributed by atoms with Crippen molar-refractivity contribution in [2.45, 2.75) is 50.9 Å². The summed E-state index contributed by atoms with van der Waals surface area (Å²) in [6.07, 6.45) is 4.14. The number of fused-ring (bicyclic) bond motifs is 1. The van der Waals surface area contributed by atoms with E-state index in [0.29, 0.717) is 6.04 Å². The minimum Gasteiger partial charge on any atom is -0.352 e.